The Morgan fingerprint density at radius 1 is 1.25 bits per heavy atom. The summed E-state index contributed by atoms with van der Waals surface area (Å²) in [6.45, 7) is 14.2. The highest BCUT2D eigenvalue weighted by molar-refractivity contribution is 5.68. The van der Waals surface area contributed by atoms with E-state index in [2.05, 4.69) is 63.0 Å². The van der Waals surface area contributed by atoms with Crippen LogP contribution in [0.3, 0.4) is 0 Å². The lowest BCUT2D eigenvalue weighted by Crippen LogP contribution is -2.17. The van der Waals surface area contributed by atoms with Crippen molar-refractivity contribution in [1.82, 2.24) is 14.6 Å². The van der Waals surface area contributed by atoms with Gasteiger partial charge >= 0.3 is 0 Å². The first-order valence-corrected chi connectivity index (χ1v) is 7.38. The molecular formula is C16H26N4. The van der Waals surface area contributed by atoms with Gasteiger partial charge in [-0.1, -0.05) is 41.5 Å². The van der Waals surface area contributed by atoms with Crippen LogP contribution in [0.1, 0.15) is 47.2 Å². The van der Waals surface area contributed by atoms with Crippen LogP contribution in [0.4, 0.5) is 5.82 Å². The number of anilines is 1. The van der Waals surface area contributed by atoms with Gasteiger partial charge < -0.3 is 5.32 Å². The van der Waals surface area contributed by atoms with Gasteiger partial charge in [0.1, 0.15) is 5.52 Å². The van der Waals surface area contributed by atoms with Crippen molar-refractivity contribution in [3.05, 3.63) is 24.2 Å². The Labute approximate surface area is 121 Å². The molecule has 0 aliphatic rings. The summed E-state index contributed by atoms with van der Waals surface area (Å²) < 4.78 is 1.91. The van der Waals surface area contributed by atoms with Crippen molar-refractivity contribution in [1.29, 1.82) is 0 Å². The Morgan fingerprint density at radius 2 is 1.95 bits per heavy atom. The number of hydrogen-bond donors (Lipinski definition) is 1. The molecule has 0 spiro atoms. The monoisotopic (exact) mass is 274 g/mol. The topological polar surface area (TPSA) is 42.2 Å². The van der Waals surface area contributed by atoms with Gasteiger partial charge in [-0.05, 0) is 17.9 Å². The van der Waals surface area contributed by atoms with Crippen LogP contribution in [0.15, 0.2) is 18.5 Å². The molecule has 110 valence electrons. The number of hydrogen-bond acceptors (Lipinski definition) is 3. The lowest BCUT2D eigenvalue weighted by molar-refractivity contribution is 0.439. The number of fused-ring (bicyclic) bond motifs is 1. The summed E-state index contributed by atoms with van der Waals surface area (Å²) in [6, 6.07) is 2.13. The smallest absolute Gasteiger partial charge is 0.152 e. The van der Waals surface area contributed by atoms with Crippen molar-refractivity contribution in [2.75, 3.05) is 11.9 Å². The maximum atomic E-state index is 4.64. The molecule has 1 atom stereocenters. The van der Waals surface area contributed by atoms with Crippen molar-refractivity contribution >= 4 is 11.3 Å². The predicted octanol–water partition coefficient (Wildman–Crippen LogP) is 3.73. The summed E-state index contributed by atoms with van der Waals surface area (Å²) in [5.74, 6) is 2.20. The Bertz CT molecular complexity index is 578. The lowest BCUT2D eigenvalue weighted by Gasteiger charge is -2.16. The van der Waals surface area contributed by atoms with E-state index < -0.39 is 0 Å². The second kappa shape index (κ2) is 5.43. The molecule has 0 aromatic carbocycles. The number of rotatable bonds is 4. The molecule has 4 heteroatoms. The van der Waals surface area contributed by atoms with Gasteiger partial charge in [0.05, 0.1) is 5.69 Å². The first kappa shape index (κ1) is 14.8. The van der Waals surface area contributed by atoms with E-state index in [9.17, 15) is 0 Å². The number of aromatic nitrogens is 3. The second-order valence-corrected chi connectivity index (χ2v) is 6.99. The van der Waals surface area contributed by atoms with Crippen molar-refractivity contribution in [3.8, 4) is 0 Å². The van der Waals surface area contributed by atoms with E-state index in [0.717, 1.165) is 23.6 Å². The minimum atomic E-state index is 0.0501. The molecule has 0 aliphatic heterocycles. The maximum Gasteiger partial charge on any atom is 0.152 e. The molecule has 1 unspecified atom stereocenters. The molecule has 0 fully saturated rings. The van der Waals surface area contributed by atoms with Crippen LogP contribution in [0, 0.1) is 11.8 Å². The zero-order chi connectivity index (χ0) is 14.9. The van der Waals surface area contributed by atoms with Gasteiger partial charge in [0.15, 0.2) is 5.82 Å². The van der Waals surface area contributed by atoms with Crippen LogP contribution in [0.5, 0.6) is 0 Å². The van der Waals surface area contributed by atoms with Gasteiger partial charge in [0.25, 0.3) is 0 Å². The Balaban J connectivity index is 2.28. The Kier molecular flexibility index (Phi) is 4.02. The standard InChI is InChI=1S/C16H26N4/c1-11(2)12(3)10-18-15-13-9-14(16(4,5)6)19-20(13)8-7-17-15/h7-9,11-12H,10H2,1-6H3,(H,17,18). The van der Waals surface area contributed by atoms with Crippen LogP contribution in [-0.2, 0) is 5.41 Å². The second-order valence-electron chi connectivity index (χ2n) is 6.99. The molecule has 2 rings (SSSR count). The van der Waals surface area contributed by atoms with Crippen LogP contribution in [-0.4, -0.2) is 21.1 Å². The van der Waals surface area contributed by atoms with Crippen LogP contribution >= 0.6 is 0 Å². The average Bonchev–Trinajstić information content (AvgIpc) is 2.79. The predicted molar refractivity (Wildman–Crippen MR) is 84.2 cm³/mol. The molecule has 20 heavy (non-hydrogen) atoms. The van der Waals surface area contributed by atoms with Gasteiger partial charge in [0, 0.05) is 24.4 Å². The van der Waals surface area contributed by atoms with E-state index in [1.807, 2.05) is 10.7 Å². The fraction of sp³-hybridized carbons (Fsp3) is 0.625. The zero-order valence-electron chi connectivity index (χ0n) is 13.4. The molecule has 1 N–H and O–H groups in total. The maximum absolute atomic E-state index is 4.64. The fourth-order valence-corrected chi connectivity index (χ4v) is 1.92. The highest BCUT2D eigenvalue weighted by atomic mass is 15.2. The van der Waals surface area contributed by atoms with E-state index in [0.29, 0.717) is 11.8 Å². The van der Waals surface area contributed by atoms with Crippen molar-refractivity contribution < 1.29 is 0 Å². The fourth-order valence-electron chi connectivity index (χ4n) is 1.92. The van der Waals surface area contributed by atoms with Crippen LogP contribution in [0.2, 0.25) is 0 Å². The molecule has 2 heterocycles. The van der Waals surface area contributed by atoms with Gasteiger partial charge in [-0.3, -0.25) is 0 Å². The molecule has 0 amide bonds. The summed E-state index contributed by atoms with van der Waals surface area (Å²) in [6.07, 6.45) is 3.70. The summed E-state index contributed by atoms with van der Waals surface area (Å²) in [7, 11) is 0. The Hall–Kier alpha value is -1.58. The molecule has 0 radical (unpaired) electrons. The molecule has 4 nitrogen and oxygen atoms in total. The normalized spacial score (nSPS) is 13.9. The van der Waals surface area contributed by atoms with Crippen molar-refractivity contribution in [2.24, 2.45) is 11.8 Å². The highest BCUT2D eigenvalue weighted by Crippen LogP contribution is 2.24. The molecular weight excluding hydrogens is 248 g/mol. The van der Waals surface area contributed by atoms with E-state index in [-0.39, 0.29) is 5.41 Å². The highest BCUT2D eigenvalue weighted by Gasteiger charge is 2.19. The first-order valence-electron chi connectivity index (χ1n) is 7.38. The summed E-state index contributed by atoms with van der Waals surface area (Å²) >= 11 is 0. The quantitative estimate of drug-likeness (QED) is 0.923. The van der Waals surface area contributed by atoms with E-state index in [1.165, 1.54) is 0 Å². The summed E-state index contributed by atoms with van der Waals surface area (Å²) in [5.41, 5.74) is 2.19. The Morgan fingerprint density at radius 3 is 2.55 bits per heavy atom. The van der Waals surface area contributed by atoms with Gasteiger partial charge in [-0.15, -0.1) is 0 Å². The van der Waals surface area contributed by atoms with Crippen molar-refractivity contribution in [2.45, 2.75) is 47.0 Å². The largest absolute Gasteiger partial charge is 0.368 e. The van der Waals surface area contributed by atoms with E-state index >= 15 is 0 Å². The van der Waals surface area contributed by atoms with Gasteiger partial charge in [0.2, 0.25) is 0 Å². The number of nitrogens with zero attached hydrogens (tertiary/aromatic N) is 3. The third kappa shape index (κ3) is 3.11. The van der Waals surface area contributed by atoms with Gasteiger partial charge in [-0.2, -0.15) is 5.10 Å². The SMILES string of the molecule is CC(C)C(C)CNc1nccn2nc(C(C)(C)C)cc12. The molecule has 0 bridgehead atoms. The third-order valence-corrected chi connectivity index (χ3v) is 3.89. The summed E-state index contributed by atoms with van der Waals surface area (Å²) in [5, 5.41) is 8.11. The molecule has 0 saturated carbocycles. The zero-order valence-corrected chi connectivity index (χ0v) is 13.4. The van der Waals surface area contributed by atoms with E-state index in [4.69, 9.17) is 0 Å². The average molecular weight is 274 g/mol. The first-order chi connectivity index (χ1) is 9.29. The van der Waals surface area contributed by atoms with Crippen LogP contribution in [0.25, 0.3) is 5.52 Å². The molecule has 0 saturated heterocycles. The summed E-state index contributed by atoms with van der Waals surface area (Å²) in [4.78, 5) is 4.46. The van der Waals surface area contributed by atoms with E-state index in [1.54, 1.807) is 6.20 Å². The minimum Gasteiger partial charge on any atom is -0.368 e. The van der Waals surface area contributed by atoms with Crippen LogP contribution < -0.4 is 5.32 Å². The number of nitrogens with one attached hydrogen (secondary N) is 1. The molecule has 0 aliphatic carbocycles. The molecule has 2 aromatic heterocycles. The van der Waals surface area contributed by atoms with Crippen molar-refractivity contribution in [3.63, 3.8) is 0 Å². The van der Waals surface area contributed by atoms with Gasteiger partial charge in [-0.25, -0.2) is 9.50 Å². The lowest BCUT2D eigenvalue weighted by atomic mass is 9.92. The minimum absolute atomic E-state index is 0.0501. The third-order valence-electron chi connectivity index (χ3n) is 3.89. The molecule has 2 aromatic rings.